The third-order valence-corrected chi connectivity index (χ3v) is 3.69. The number of nitrogens with one attached hydrogen (secondary N) is 1. The van der Waals surface area contributed by atoms with Gasteiger partial charge in [0, 0.05) is 31.4 Å². The molecule has 5 heteroatoms. The number of nitrogens with two attached hydrogens (primary N) is 1. The van der Waals surface area contributed by atoms with Crippen LogP contribution in [0.4, 0.5) is 5.69 Å². The Hall–Kier alpha value is -1.88. The summed E-state index contributed by atoms with van der Waals surface area (Å²) in [5, 5.41) is 2.86. The number of nitrogens with zero attached hydrogens (tertiary/aromatic N) is 1. The van der Waals surface area contributed by atoms with Crippen LogP contribution in [-0.2, 0) is 4.79 Å². The second kappa shape index (κ2) is 6.05. The van der Waals surface area contributed by atoms with Crippen molar-refractivity contribution in [3.63, 3.8) is 0 Å². The van der Waals surface area contributed by atoms with Crippen molar-refractivity contribution in [2.75, 3.05) is 19.4 Å². The molecule has 5 nitrogen and oxygen atoms in total. The van der Waals surface area contributed by atoms with Crippen LogP contribution in [0.5, 0.6) is 0 Å². The van der Waals surface area contributed by atoms with E-state index in [-0.39, 0.29) is 23.8 Å². The van der Waals surface area contributed by atoms with Gasteiger partial charge in [-0.3, -0.25) is 9.59 Å². The molecule has 20 heavy (non-hydrogen) atoms. The Morgan fingerprint density at radius 1 is 1.30 bits per heavy atom. The van der Waals surface area contributed by atoms with Gasteiger partial charge in [-0.1, -0.05) is 12.5 Å². The molecule has 1 saturated carbocycles. The highest BCUT2D eigenvalue weighted by molar-refractivity contribution is 5.97. The first-order valence-corrected chi connectivity index (χ1v) is 6.87. The second-order valence-corrected chi connectivity index (χ2v) is 5.47. The van der Waals surface area contributed by atoms with Crippen LogP contribution >= 0.6 is 0 Å². The number of carbonyl (C=O) groups excluding carboxylic acids is 2. The number of rotatable bonds is 3. The first kappa shape index (κ1) is 14.5. The zero-order valence-electron chi connectivity index (χ0n) is 11.9. The zero-order valence-corrected chi connectivity index (χ0v) is 11.9. The van der Waals surface area contributed by atoms with Gasteiger partial charge in [-0.2, -0.15) is 0 Å². The summed E-state index contributed by atoms with van der Waals surface area (Å²) in [6.45, 7) is 0. The van der Waals surface area contributed by atoms with E-state index in [4.69, 9.17) is 5.73 Å². The molecule has 0 aromatic heterocycles. The van der Waals surface area contributed by atoms with Crippen LogP contribution in [0.2, 0.25) is 0 Å². The van der Waals surface area contributed by atoms with E-state index < -0.39 is 0 Å². The van der Waals surface area contributed by atoms with Gasteiger partial charge < -0.3 is 16.0 Å². The van der Waals surface area contributed by atoms with E-state index in [2.05, 4.69) is 5.32 Å². The van der Waals surface area contributed by atoms with Gasteiger partial charge in [-0.25, -0.2) is 0 Å². The number of amides is 2. The van der Waals surface area contributed by atoms with Crippen molar-refractivity contribution in [3.05, 3.63) is 29.8 Å². The van der Waals surface area contributed by atoms with Crippen molar-refractivity contribution in [1.82, 2.24) is 4.90 Å². The Morgan fingerprint density at radius 2 is 2.05 bits per heavy atom. The summed E-state index contributed by atoms with van der Waals surface area (Å²) in [4.78, 5) is 25.5. The summed E-state index contributed by atoms with van der Waals surface area (Å²) in [7, 11) is 3.40. The van der Waals surface area contributed by atoms with Gasteiger partial charge in [-0.05, 0) is 31.0 Å². The molecular formula is C15H21N3O2. The molecule has 0 radical (unpaired) electrons. The summed E-state index contributed by atoms with van der Waals surface area (Å²) < 4.78 is 0. The number of benzene rings is 1. The summed E-state index contributed by atoms with van der Waals surface area (Å²) in [5.74, 6) is -0.258. The minimum Gasteiger partial charge on any atom is -0.345 e. The summed E-state index contributed by atoms with van der Waals surface area (Å²) in [6.07, 6.45) is 2.74. The van der Waals surface area contributed by atoms with Crippen molar-refractivity contribution in [2.24, 2.45) is 11.7 Å². The highest BCUT2D eigenvalue weighted by Crippen LogP contribution is 2.25. The molecule has 0 heterocycles. The molecule has 0 saturated heterocycles. The van der Waals surface area contributed by atoms with Crippen molar-refractivity contribution < 1.29 is 9.59 Å². The maximum Gasteiger partial charge on any atom is 0.253 e. The third-order valence-electron chi connectivity index (χ3n) is 3.69. The highest BCUT2D eigenvalue weighted by atomic mass is 16.2. The molecule has 0 spiro atoms. The molecule has 2 unspecified atom stereocenters. The molecule has 3 N–H and O–H groups in total. The lowest BCUT2D eigenvalue weighted by molar-refractivity contribution is -0.120. The van der Waals surface area contributed by atoms with E-state index in [9.17, 15) is 9.59 Å². The number of anilines is 1. The standard InChI is InChI=1S/C15H21N3O2/c1-18(2)15(20)10-5-3-6-11(9-10)17-14(19)12-7-4-8-13(12)16/h3,5-6,9,12-13H,4,7-8,16H2,1-2H3,(H,17,19). The second-order valence-electron chi connectivity index (χ2n) is 5.47. The van der Waals surface area contributed by atoms with Crippen LogP contribution in [0.25, 0.3) is 0 Å². The van der Waals surface area contributed by atoms with Gasteiger partial charge in [0.25, 0.3) is 5.91 Å². The lowest BCUT2D eigenvalue weighted by Crippen LogP contribution is -2.34. The molecule has 1 fully saturated rings. The Bertz CT molecular complexity index is 514. The number of hydrogen-bond acceptors (Lipinski definition) is 3. The molecule has 0 aliphatic heterocycles. The highest BCUT2D eigenvalue weighted by Gasteiger charge is 2.30. The van der Waals surface area contributed by atoms with Crippen LogP contribution in [0.15, 0.2) is 24.3 Å². The summed E-state index contributed by atoms with van der Waals surface area (Å²) in [6, 6.07) is 6.92. The predicted octanol–water partition coefficient (Wildman–Crippen LogP) is 1.45. The quantitative estimate of drug-likeness (QED) is 0.876. The maximum atomic E-state index is 12.2. The SMILES string of the molecule is CN(C)C(=O)c1cccc(NC(=O)C2CCCC2N)c1. The Morgan fingerprint density at radius 3 is 2.65 bits per heavy atom. The van der Waals surface area contributed by atoms with Crippen LogP contribution in [0.1, 0.15) is 29.6 Å². The Labute approximate surface area is 119 Å². The van der Waals surface area contributed by atoms with E-state index in [1.54, 1.807) is 38.4 Å². The van der Waals surface area contributed by atoms with E-state index in [0.717, 1.165) is 19.3 Å². The largest absolute Gasteiger partial charge is 0.345 e. The van der Waals surface area contributed by atoms with Gasteiger partial charge in [0.05, 0.1) is 5.92 Å². The average Bonchev–Trinajstić information content (AvgIpc) is 2.84. The molecule has 2 amide bonds. The van der Waals surface area contributed by atoms with Gasteiger partial charge in [0.15, 0.2) is 0 Å². The molecule has 1 aromatic rings. The first-order chi connectivity index (χ1) is 9.49. The smallest absolute Gasteiger partial charge is 0.253 e. The van der Waals surface area contributed by atoms with Gasteiger partial charge in [-0.15, -0.1) is 0 Å². The first-order valence-electron chi connectivity index (χ1n) is 6.87. The van der Waals surface area contributed by atoms with Gasteiger partial charge in [0.2, 0.25) is 5.91 Å². The molecule has 108 valence electrons. The summed E-state index contributed by atoms with van der Waals surface area (Å²) in [5.41, 5.74) is 7.13. The third kappa shape index (κ3) is 3.17. The lowest BCUT2D eigenvalue weighted by atomic mass is 10.0. The average molecular weight is 275 g/mol. The van der Waals surface area contributed by atoms with Gasteiger partial charge in [0.1, 0.15) is 0 Å². The molecule has 1 aliphatic carbocycles. The van der Waals surface area contributed by atoms with E-state index in [0.29, 0.717) is 11.3 Å². The van der Waals surface area contributed by atoms with E-state index in [1.807, 2.05) is 0 Å². The number of hydrogen-bond donors (Lipinski definition) is 2. The molecular weight excluding hydrogens is 254 g/mol. The van der Waals surface area contributed by atoms with E-state index in [1.165, 1.54) is 4.90 Å². The predicted molar refractivity (Wildman–Crippen MR) is 78.4 cm³/mol. The summed E-state index contributed by atoms with van der Waals surface area (Å²) >= 11 is 0. The van der Waals surface area contributed by atoms with Crippen molar-refractivity contribution >= 4 is 17.5 Å². The lowest BCUT2D eigenvalue weighted by Gasteiger charge is -2.16. The molecule has 0 bridgehead atoms. The van der Waals surface area contributed by atoms with Crippen LogP contribution in [0, 0.1) is 5.92 Å². The Kier molecular flexibility index (Phi) is 4.39. The normalized spacial score (nSPS) is 21.6. The Balaban J connectivity index is 2.08. The van der Waals surface area contributed by atoms with Crippen molar-refractivity contribution in [1.29, 1.82) is 0 Å². The molecule has 2 rings (SSSR count). The molecule has 2 atom stereocenters. The molecule has 1 aliphatic rings. The fourth-order valence-electron chi connectivity index (χ4n) is 2.54. The fourth-order valence-corrected chi connectivity index (χ4v) is 2.54. The van der Waals surface area contributed by atoms with Gasteiger partial charge >= 0.3 is 0 Å². The van der Waals surface area contributed by atoms with E-state index >= 15 is 0 Å². The van der Waals surface area contributed by atoms with Crippen LogP contribution in [0.3, 0.4) is 0 Å². The topological polar surface area (TPSA) is 75.4 Å². The maximum absolute atomic E-state index is 12.2. The number of carbonyl (C=O) groups is 2. The minimum atomic E-state index is -0.122. The minimum absolute atomic E-state index is 0.0514. The van der Waals surface area contributed by atoms with Crippen LogP contribution in [-0.4, -0.2) is 36.9 Å². The van der Waals surface area contributed by atoms with Crippen molar-refractivity contribution in [2.45, 2.75) is 25.3 Å². The fraction of sp³-hybridized carbons (Fsp3) is 0.467. The molecule has 1 aromatic carbocycles. The monoisotopic (exact) mass is 275 g/mol. The van der Waals surface area contributed by atoms with Crippen LogP contribution < -0.4 is 11.1 Å². The van der Waals surface area contributed by atoms with Crippen molar-refractivity contribution in [3.8, 4) is 0 Å². The zero-order chi connectivity index (χ0) is 14.7.